The van der Waals surface area contributed by atoms with Crippen LogP contribution in [0.4, 0.5) is 32.0 Å². The topological polar surface area (TPSA) is 104 Å². The fourth-order valence-corrected chi connectivity index (χ4v) is 5.78. The highest BCUT2D eigenvalue weighted by Gasteiger charge is 2.41. The van der Waals surface area contributed by atoms with Gasteiger partial charge in [-0.3, -0.25) is 9.59 Å². The van der Waals surface area contributed by atoms with Crippen molar-refractivity contribution in [3.05, 3.63) is 77.6 Å². The van der Waals surface area contributed by atoms with Gasteiger partial charge in [0.1, 0.15) is 18.2 Å². The van der Waals surface area contributed by atoms with Gasteiger partial charge in [-0.25, -0.2) is 17.1 Å². The van der Waals surface area contributed by atoms with Crippen LogP contribution in [0.1, 0.15) is 29.8 Å². The van der Waals surface area contributed by atoms with Crippen LogP contribution in [-0.4, -0.2) is 50.1 Å². The zero-order chi connectivity index (χ0) is 31.2. The summed E-state index contributed by atoms with van der Waals surface area (Å²) in [5.74, 6) is -3.57. The van der Waals surface area contributed by atoms with Gasteiger partial charge >= 0.3 is 18.8 Å². The molecule has 1 aliphatic heterocycles. The molecule has 4 rings (SSSR count). The predicted molar refractivity (Wildman–Crippen MR) is 137 cm³/mol. The lowest BCUT2D eigenvalue weighted by atomic mass is 9.92. The van der Waals surface area contributed by atoms with E-state index < -0.39 is 75.3 Å². The van der Waals surface area contributed by atoms with Crippen molar-refractivity contribution in [2.45, 2.75) is 31.5 Å². The number of benzene rings is 3. The van der Waals surface area contributed by atoms with E-state index in [0.29, 0.717) is 22.5 Å². The van der Waals surface area contributed by atoms with Gasteiger partial charge in [-0.05, 0) is 67.4 Å². The Morgan fingerprint density at radius 3 is 2.33 bits per heavy atom. The summed E-state index contributed by atoms with van der Waals surface area (Å²) in [6.45, 7) is -1.90. The van der Waals surface area contributed by atoms with Crippen LogP contribution in [0.2, 0.25) is 0 Å². The van der Waals surface area contributed by atoms with Crippen LogP contribution < -0.4 is 9.04 Å². The molecule has 0 aromatic heterocycles. The summed E-state index contributed by atoms with van der Waals surface area (Å²) in [5, 5.41) is 9.56. The quantitative estimate of drug-likeness (QED) is 0.320. The van der Waals surface area contributed by atoms with E-state index in [4.69, 9.17) is 0 Å². The molecule has 0 fully saturated rings. The smallest absolute Gasteiger partial charge is 0.416 e. The Bertz CT molecular complexity index is 1660. The average molecular weight is 617 g/mol. The molecule has 0 aliphatic carbocycles. The highest BCUT2D eigenvalue weighted by atomic mass is 32.2. The molecule has 0 saturated carbocycles. The Kier molecular flexibility index (Phi) is 7.93. The number of alkyl halides is 5. The van der Waals surface area contributed by atoms with Crippen molar-refractivity contribution in [1.82, 2.24) is 4.90 Å². The summed E-state index contributed by atoms with van der Waals surface area (Å²) in [7, 11) is -4.83. The number of anilines is 1. The Hall–Kier alpha value is -4.27. The average Bonchev–Trinajstić information content (AvgIpc) is 2.88. The summed E-state index contributed by atoms with van der Waals surface area (Å²) in [5.41, 5.74) is -3.32. The molecule has 224 valence electrons. The number of carboxylic acids is 1. The number of rotatable bonds is 8. The third-order valence-corrected chi connectivity index (χ3v) is 8.17. The molecule has 0 spiro atoms. The summed E-state index contributed by atoms with van der Waals surface area (Å²) in [6, 6.07) is 9.19. The summed E-state index contributed by atoms with van der Waals surface area (Å²) < 4.78 is 112. The van der Waals surface area contributed by atoms with Crippen molar-refractivity contribution >= 4 is 27.6 Å². The highest BCUT2D eigenvalue weighted by Crippen LogP contribution is 2.39. The van der Waals surface area contributed by atoms with Crippen LogP contribution in [0, 0.1) is 11.2 Å². The number of sulfonamides is 1. The van der Waals surface area contributed by atoms with Gasteiger partial charge in [-0.2, -0.15) is 22.0 Å². The first-order valence-corrected chi connectivity index (χ1v) is 13.5. The molecule has 0 radical (unpaired) electrons. The zero-order valence-electron chi connectivity index (χ0n) is 21.8. The Labute approximate surface area is 235 Å². The van der Waals surface area contributed by atoms with Gasteiger partial charge in [-0.1, -0.05) is 12.1 Å². The van der Waals surface area contributed by atoms with Crippen LogP contribution in [0.3, 0.4) is 0 Å². The predicted octanol–water partition coefficient (Wildman–Crippen LogP) is 5.83. The number of hydrogen-bond donors (Lipinski definition) is 1. The van der Waals surface area contributed by atoms with Crippen molar-refractivity contribution in [3.8, 4) is 16.9 Å². The molecule has 1 heterocycles. The molecule has 0 atom stereocenters. The van der Waals surface area contributed by atoms with Gasteiger partial charge < -0.3 is 14.7 Å². The van der Waals surface area contributed by atoms with Gasteiger partial charge in [0.25, 0.3) is 15.9 Å². The van der Waals surface area contributed by atoms with Crippen molar-refractivity contribution in [2.24, 2.45) is 5.41 Å². The summed E-state index contributed by atoms with van der Waals surface area (Å²) in [4.78, 5) is 25.3. The van der Waals surface area contributed by atoms with Crippen molar-refractivity contribution in [1.29, 1.82) is 0 Å². The van der Waals surface area contributed by atoms with Gasteiger partial charge in [-0.15, -0.1) is 0 Å². The summed E-state index contributed by atoms with van der Waals surface area (Å²) in [6.07, 6.45) is -4.87. The van der Waals surface area contributed by atoms with Gasteiger partial charge in [0, 0.05) is 12.6 Å². The maximum absolute atomic E-state index is 14.2. The first kappa shape index (κ1) is 30.7. The Morgan fingerprint density at radius 2 is 1.71 bits per heavy atom. The van der Waals surface area contributed by atoms with Crippen LogP contribution in [0.5, 0.6) is 5.75 Å². The second-order valence-corrected chi connectivity index (χ2v) is 11.9. The number of carboxylic acid groups (broad SMARTS) is 1. The molecular weight excluding hydrogens is 594 g/mol. The first-order chi connectivity index (χ1) is 19.4. The minimum Gasteiger partial charge on any atom is -0.481 e. The third-order valence-electron chi connectivity index (χ3n) is 6.43. The monoisotopic (exact) mass is 616 g/mol. The maximum Gasteiger partial charge on any atom is 0.416 e. The van der Waals surface area contributed by atoms with E-state index >= 15 is 0 Å². The molecule has 8 nitrogen and oxygen atoms in total. The molecule has 3 aromatic carbocycles. The standard InChI is InChI=1S/C27H22F6N2O6S/c1-26(2,24(37)38)13-34-14-35(42(39,40)20-5-3-4-17(11-20)27(31,32)33)22-10-15(6-7-21(22)23(34)36)16-8-18(28)12-19(9-16)41-25(29)30/h3-12,25H,13-14H2,1-2H3,(H,37,38). The summed E-state index contributed by atoms with van der Waals surface area (Å²) >= 11 is 0. The van der Waals surface area contributed by atoms with Crippen LogP contribution >= 0.6 is 0 Å². The van der Waals surface area contributed by atoms with Gasteiger partial charge in [0.15, 0.2) is 0 Å². The molecule has 0 unspecified atom stereocenters. The molecule has 1 aliphatic rings. The van der Waals surface area contributed by atoms with E-state index in [9.17, 15) is 49.5 Å². The minimum absolute atomic E-state index is 0.0354. The number of nitrogens with zero attached hydrogens (tertiary/aromatic N) is 2. The van der Waals surface area contributed by atoms with E-state index in [1.807, 2.05) is 0 Å². The van der Waals surface area contributed by atoms with Gasteiger partial charge in [0.2, 0.25) is 0 Å². The van der Waals surface area contributed by atoms with Crippen molar-refractivity contribution in [2.75, 3.05) is 17.5 Å². The molecule has 0 bridgehead atoms. The maximum atomic E-state index is 14.2. The number of halogens is 6. The number of aliphatic carboxylic acids is 1. The van der Waals surface area contributed by atoms with Crippen LogP contribution in [0.15, 0.2) is 65.6 Å². The van der Waals surface area contributed by atoms with E-state index in [-0.39, 0.29) is 22.4 Å². The van der Waals surface area contributed by atoms with E-state index in [2.05, 4.69) is 4.74 Å². The lowest BCUT2D eigenvalue weighted by molar-refractivity contribution is -0.147. The Balaban J connectivity index is 1.89. The second kappa shape index (κ2) is 10.9. The van der Waals surface area contributed by atoms with Crippen molar-refractivity contribution < 1.29 is 54.2 Å². The normalized spacial score (nSPS) is 14.3. The van der Waals surface area contributed by atoms with E-state index in [1.54, 1.807) is 0 Å². The molecule has 3 aromatic rings. The van der Waals surface area contributed by atoms with E-state index in [0.717, 1.165) is 35.2 Å². The fraction of sp³-hybridized carbons (Fsp3) is 0.259. The SMILES string of the molecule is CC(C)(CN1CN(S(=O)(=O)c2cccc(C(F)(F)F)c2)c2cc(-c3cc(F)cc(OC(F)F)c3)ccc2C1=O)C(=O)O. The molecule has 42 heavy (non-hydrogen) atoms. The number of carbonyl (C=O) groups excluding carboxylic acids is 1. The Morgan fingerprint density at radius 1 is 1.02 bits per heavy atom. The highest BCUT2D eigenvalue weighted by molar-refractivity contribution is 7.92. The second-order valence-electron chi connectivity index (χ2n) is 10.00. The lowest BCUT2D eigenvalue weighted by Gasteiger charge is -2.39. The van der Waals surface area contributed by atoms with Gasteiger partial charge in [0.05, 0.1) is 27.1 Å². The largest absolute Gasteiger partial charge is 0.481 e. The lowest BCUT2D eigenvalue weighted by Crippen LogP contribution is -2.52. The number of hydrogen-bond acceptors (Lipinski definition) is 5. The molecule has 1 amide bonds. The number of amides is 1. The van der Waals surface area contributed by atoms with Crippen molar-refractivity contribution in [3.63, 3.8) is 0 Å². The number of fused-ring (bicyclic) bond motifs is 1. The number of ether oxygens (including phenoxy) is 1. The van der Waals surface area contributed by atoms with Crippen LogP contribution in [0.25, 0.3) is 11.1 Å². The zero-order valence-corrected chi connectivity index (χ0v) is 22.6. The van der Waals surface area contributed by atoms with E-state index in [1.165, 1.54) is 26.0 Å². The van der Waals surface area contributed by atoms with Crippen LogP contribution in [-0.2, 0) is 21.0 Å². The minimum atomic E-state index is -4.87. The molecule has 0 saturated heterocycles. The number of carbonyl (C=O) groups is 2. The molecular formula is C27H22F6N2O6S. The third kappa shape index (κ3) is 6.15. The first-order valence-electron chi connectivity index (χ1n) is 12.0. The molecule has 15 heteroatoms. The molecule has 1 N–H and O–H groups in total. The fourth-order valence-electron chi connectivity index (χ4n) is 4.30.